The van der Waals surface area contributed by atoms with Crippen LogP contribution in [-0.4, -0.2) is 35.1 Å². The summed E-state index contributed by atoms with van der Waals surface area (Å²) in [6, 6.07) is 10.2. The second-order valence-electron chi connectivity index (χ2n) is 7.46. The Morgan fingerprint density at radius 3 is 3.00 bits per heavy atom. The number of hydrogen-bond acceptors (Lipinski definition) is 3. The maximum absolute atomic E-state index is 12.8. The molecule has 1 aliphatic heterocycles. The number of carbonyl (C=O) groups is 1. The first-order valence-electron chi connectivity index (χ1n) is 9.97. The van der Waals surface area contributed by atoms with Crippen LogP contribution in [0.1, 0.15) is 42.4 Å². The molecule has 5 heteroatoms. The van der Waals surface area contributed by atoms with E-state index >= 15 is 0 Å². The molecule has 0 spiro atoms. The number of benzene rings is 1. The molecule has 2 aromatic rings. The van der Waals surface area contributed by atoms with Gasteiger partial charge in [0.1, 0.15) is 0 Å². The van der Waals surface area contributed by atoms with E-state index in [9.17, 15) is 4.79 Å². The first-order chi connectivity index (χ1) is 13.3. The summed E-state index contributed by atoms with van der Waals surface area (Å²) < 4.78 is 6.03. The summed E-state index contributed by atoms with van der Waals surface area (Å²) in [5.41, 5.74) is 4.75. The third-order valence-corrected chi connectivity index (χ3v) is 5.51. The van der Waals surface area contributed by atoms with E-state index in [1.165, 1.54) is 24.0 Å². The summed E-state index contributed by atoms with van der Waals surface area (Å²) in [7, 11) is 0. The summed E-state index contributed by atoms with van der Waals surface area (Å²) in [5.74, 6) is 0. The number of pyridine rings is 1. The lowest BCUT2D eigenvalue weighted by atomic mass is 9.90. The van der Waals surface area contributed by atoms with Gasteiger partial charge in [-0.25, -0.2) is 4.79 Å². The van der Waals surface area contributed by atoms with Gasteiger partial charge in [0.15, 0.2) is 0 Å². The molecule has 2 aliphatic rings. The highest BCUT2D eigenvalue weighted by Gasteiger charge is 2.25. The van der Waals surface area contributed by atoms with Gasteiger partial charge in [0.2, 0.25) is 0 Å². The van der Waals surface area contributed by atoms with E-state index in [1.807, 2.05) is 29.3 Å². The van der Waals surface area contributed by atoms with Crippen molar-refractivity contribution < 1.29 is 9.53 Å². The third-order valence-electron chi connectivity index (χ3n) is 5.51. The lowest BCUT2D eigenvalue weighted by Gasteiger charge is -2.33. The van der Waals surface area contributed by atoms with Gasteiger partial charge < -0.3 is 15.0 Å². The van der Waals surface area contributed by atoms with E-state index in [-0.39, 0.29) is 12.1 Å². The molecule has 0 radical (unpaired) electrons. The fourth-order valence-corrected chi connectivity index (χ4v) is 4.05. The number of amides is 2. The SMILES string of the molecule is O=C(Nc1cccc2c1CCCC2)N1CCC[C@H](OCc2cccnc2)C1. The number of likely N-dealkylation sites (tertiary alicyclic amines) is 1. The van der Waals surface area contributed by atoms with Crippen LogP contribution in [0.15, 0.2) is 42.7 Å². The first-order valence-corrected chi connectivity index (χ1v) is 9.97. The van der Waals surface area contributed by atoms with Crippen LogP contribution in [0.2, 0.25) is 0 Å². The maximum atomic E-state index is 12.8. The molecular weight excluding hydrogens is 338 g/mol. The van der Waals surface area contributed by atoms with Gasteiger partial charge in [-0.1, -0.05) is 18.2 Å². The molecule has 1 saturated heterocycles. The fraction of sp³-hybridized carbons (Fsp3) is 0.455. The van der Waals surface area contributed by atoms with Gasteiger partial charge in [0.05, 0.1) is 12.7 Å². The van der Waals surface area contributed by atoms with Gasteiger partial charge in [-0.2, -0.15) is 0 Å². The normalized spacial score (nSPS) is 19.4. The highest BCUT2D eigenvalue weighted by atomic mass is 16.5. The van der Waals surface area contributed by atoms with Crippen molar-refractivity contribution in [2.75, 3.05) is 18.4 Å². The van der Waals surface area contributed by atoms with E-state index < -0.39 is 0 Å². The Bertz CT molecular complexity index is 778. The fourth-order valence-electron chi connectivity index (χ4n) is 4.05. The lowest BCUT2D eigenvalue weighted by molar-refractivity contribution is 0.000914. The molecule has 0 bridgehead atoms. The topological polar surface area (TPSA) is 54.5 Å². The quantitative estimate of drug-likeness (QED) is 0.885. The highest BCUT2D eigenvalue weighted by Crippen LogP contribution is 2.28. The average molecular weight is 365 g/mol. The Morgan fingerprint density at radius 1 is 1.19 bits per heavy atom. The minimum atomic E-state index is -0.0105. The lowest BCUT2D eigenvalue weighted by Crippen LogP contribution is -2.45. The second kappa shape index (κ2) is 8.53. The molecule has 5 nitrogen and oxygen atoms in total. The molecule has 1 aromatic carbocycles. The predicted octanol–water partition coefficient (Wildman–Crippen LogP) is 4.17. The van der Waals surface area contributed by atoms with E-state index in [0.29, 0.717) is 13.2 Å². The molecule has 27 heavy (non-hydrogen) atoms. The Balaban J connectivity index is 1.35. The summed E-state index contributed by atoms with van der Waals surface area (Å²) in [4.78, 5) is 18.8. The number of anilines is 1. The number of aromatic nitrogens is 1. The number of fused-ring (bicyclic) bond motifs is 1. The monoisotopic (exact) mass is 365 g/mol. The number of piperidine rings is 1. The zero-order chi connectivity index (χ0) is 18.5. The Hall–Kier alpha value is -2.40. The summed E-state index contributed by atoms with van der Waals surface area (Å²) in [6.45, 7) is 1.97. The van der Waals surface area contributed by atoms with E-state index in [1.54, 1.807) is 6.20 Å². The minimum absolute atomic E-state index is 0.0105. The number of nitrogens with zero attached hydrogens (tertiary/aromatic N) is 2. The van der Waals surface area contributed by atoms with Crippen molar-refractivity contribution >= 4 is 11.7 Å². The van der Waals surface area contributed by atoms with Gasteiger partial charge in [-0.15, -0.1) is 0 Å². The molecule has 1 aliphatic carbocycles. The van der Waals surface area contributed by atoms with Crippen LogP contribution in [0.4, 0.5) is 10.5 Å². The highest BCUT2D eigenvalue weighted by molar-refractivity contribution is 5.90. The van der Waals surface area contributed by atoms with Gasteiger partial charge in [0, 0.05) is 31.2 Å². The van der Waals surface area contributed by atoms with Crippen LogP contribution in [0.3, 0.4) is 0 Å². The molecule has 4 rings (SSSR count). The third kappa shape index (κ3) is 4.48. The molecule has 142 valence electrons. The standard InChI is InChI=1S/C22H27N3O2/c26-22(24-21-11-3-8-18-7-1-2-10-20(18)21)25-13-5-9-19(15-25)27-16-17-6-4-12-23-14-17/h3-4,6,8,11-12,14,19H,1-2,5,7,9-10,13,15-16H2,(H,24,26)/t19-/m0/s1. The van der Waals surface area contributed by atoms with Gasteiger partial charge in [-0.3, -0.25) is 4.98 Å². The van der Waals surface area contributed by atoms with Crippen molar-refractivity contribution in [3.8, 4) is 0 Å². The van der Waals surface area contributed by atoms with Gasteiger partial charge >= 0.3 is 6.03 Å². The molecule has 1 N–H and O–H groups in total. The van der Waals surface area contributed by atoms with Gasteiger partial charge in [-0.05, 0) is 67.3 Å². The zero-order valence-electron chi connectivity index (χ0n) is 15.7. The minimum Gasteiger partial charge on any atom is -0.372 e. The maximum Gasteiger partial charge on any atom is 0.321 e. The molecule has 1 aromatic heterocycles. The van der Waals surface area contributed by atoms with Crippen LogP contribution in [0, 0.1) is 0 Å². The number of rotatable bonds is 4. The Kier molecular flexibility index (Phi) is 5.68. The van der Waals surface area contributed by atoms with Crippen LogP contribution in [0.25, 0.3) is 0 Å². The molecule has 2 amide bonds. The molecule has 1 atom stereocenters. The van der Waals surface area contributed by atoms with Crippen LogP contribution >= 0.6 is 0 Å². The summed E-state index contributed by atoms with van der Waals surface area (Å²) in [5, 5.41) is 3.16. The Labute approximate surface area is 160 Å². The first kappa shape index (κ1) is 18.0. The van der Waals surface area contributed by atoms with Crippen molar-refractivity contribution in [3.63, 3.8) is 0 Å². The number of aryl methyl sites for hydroxylation is 1. The molecule has 1 fully saturated rings. The molecule has 0 unspecified atom stereocenters. The number of hydrogen-bond donors (Lipinski definition) is 1. The van der Waals surface area contributed by atoms with Crippen molar-refractivity contribution in [2.24, 2.45) is 0 Å². The second-order valence-corrected chi connectivity index (χ2v) is 7.46. The van der Waals surface area contributed by atoms with Crippen LogP contribution in [-0.2, 0) is 24.2 Å². The molecular formula is C22H27N3O2. The van der Waals surface area contributed by atoms with E-state index in [0.717, 1.165) is 43.5 Å². The number of carbonyl (C=O) groups excluding carboxylic acids is 1. The number of ether oxygens (including phenoxy) is 1. The van der Waals surface area contributed by atoms with Crippen molar-refractivity contribution in [1.82, 2.24) is 9.88 Å². The number of urea groups is 1. The average Bonchev–Trinajstić information content (AvgIpc) is 2.73. The summed E-state index contributed by atoms with van der Waals surface area (Å²) in [6.07, 6.45) is 10.2. The van der Waals surface area contributed by atoms with E-state index in [2.05, 4.69) is 22.4 Å². The molecule has 2 heterocycles. The largest absolute Gasteiger partial charge is 0.372 e. The van der Waals surface area contributed by atoms with Crippen molar-refractivity contribution in [2.45, 2.75) is 51.2 Å². The molecule has 0 saturated carbocycles. The predicted molar refractivity (Wildman–Crippen MR) is 106 cm³/mol. The number of nitrogens with one attached hydrogen (secondary N) is 1. The van der Waals surface area contributed by atoms with Gasteiger partial charge in [0.25, 0.3) is 0 Å². The Morgan fingerprint density at radius 2 is 2.11 bits per heavy atom. The zero-order valence-corrected chi connectivity index (χ0v) is 15.7. The van der Waals surface area contributed by atoms with Crippen LogP contribution < -0.4 is 5.32 Å². The van der Waals surface area contributed by atoms with Crippen molar-refractivity contribution in [3.05, 3.63) is 59.4 Å². The smallest absolute Gasteiger partial charge is 0.321 e. The van der Waals surface area contributed by atoms with E-state index in [4.69, 9.17) is 4.74 Å². The summed E-state index contributed by atoms with van der Waals surface area (Å²) >= 11 is 0. The van der Waals surface area contributed by atoms with Crippen molar-refractivity contribution in [1.29, 1.82) is 0 Å². The van der Waals surface area contributed by atoms with Crippen LogP contribution in [0.5, 0.6) is 0 Å².